The first-order chi connectivity index (χ1) is 14.2. The molecule has 1 aliphatic heterocycles. The fourth-order valence-electron chi connectivity index (χ4n) is 3.53. The lowest BCUT2D eigenvalue weighted by Crippen LogP contribution is -2.44. The third-order valence-corrected chi connectivity index (χ3v) is 5.86. The van der Waals surface area contributed by atoms with Gasteiger partial charge >= 0.3 is 0 Å². The van der Waals surface area contributed by atoms with E-state index in [1.807, 2.05) is 54.8 Å². The minimum absolute atomic E-state index is 0.0463. The average Bonchev–Trinajstić information content (AvgIpc) is 3.44. The summed E-state index contributed by atoms with van der Waals surface area (Å²) in [7, 11) is 0. The second kappa shape index (κ2) is 9.05. The molecule has 7 heteroatoms. The molecule has 1 amide bonds. The Kier molecular flexibility index (Phi) is 6.05. The molecule has 2 unspecified atom stereocenters. The largest absolute Gasteiger partial charge is 0.487 e. The van der Waals surface area contributed by atoms with Gasteiger partial charge in [0.05, 0.1) is 11.7 Å². The number of hydrogen-bond donors (Lipinski definition) is 1. The van der Waals surface area contributed by atoms with Gasteiger partial charge in [-0.05, 0) is 49.6 Å². The fourth-order valence-corrected chi connectivity index (χ4v) is 4.25. The van der Waals surface area contributed by atoms with Crippen LogP contribution < -0.4 is 15.0 Å². The molecule has 0 aliphatic carbocycles. The summed E-state index contributed by atoms with van der Waals surface area (Å²) < 4.78 is 5.86. The number of pyridine rings is 1. The molecule has 1 N–H and O–H groups in total. The van der Waals surface area contributed by atoms with Gasteiger partial charge in [-0.3, -0.25) is 9.78 Å². The molecule has 6 nitrogen and oxygen atoms in total. The van der Waals surface area contributed by atoms with Crippen molar-refractivity contribution in [2.45, 2.75) is 38.5 Å². The molecular formula is C22H24N4O2S. The molecule has 0 spiro atoms. The molecule has 4 rings (SSSR count). The molecule has 2 atom stereocenters. The first kappa shape index (κ1) is 19.4. The van der Waals surface area contributed by atoms with Gasteiger partial charge in [-0.15, -0.1) is 11.3 Å². The van der Waals surface area contributed by atoms with Crippen LogP contribution in [0.1, 0.15) is 37.1 Å². The summed E-state index contributed by atoms with van der Waals surface area (Å²) in [5.74, 6) is 0.810. The maximum atomic E-state index is 12.9. The number of carbonyl (C=O) groups is 1. The number of ether oxygens (including phenoxy) is 1. The van der Waals surface area contributed by atoms with Crippen LogP contribution >= 0.6 is 11.3 Å². The normalized spacial score (nSPS) is 17.1. The van der Waals surface area contributed by atoms with Gasteiger partial charge in [0.2, 0.25) is 5.91 Å². The van der Waals surface area contributed by atoms with E-state index < -0.39 is 0 Å². The van der Waals surface area contributed by atoms with Crippen LogP contribution in [0.4, 0.5) is 5.13 Å². The number of aromatic nitrogens is 2. The van der Waals surface area contributed by atoms with Gasteiger partial charge < -0.3 is 15.0 Å². The first-order valence-corrected chi connectivity index (χ1v) is 10.7. The summed E-state index contributed by atoms with van der Waals surface area (Å²) in [6.07, 6.45) is 5.39. The van der Waals surface area contributed by atoms with Gasteiger partial charge in [-0.25, -0.2) is 4.98 Å². The van der Waals surface area contributed by atoms with Crippen LogP contribution in [0.2, 0.25) is 0 Å². The summed E-state index contributed by atoms with van der Waals surface area (Å²) in [6.45, 7) is 3.28. The van der Waals surface area contributed by atoms with Gasteiger partial charge in [-0.2, -0.15) is 0 Å². The Morgan fingerprint density at radius 3 is 3.00 bits per heavy atom. The number of nitrogens with zero attached hydrogens (tertiary/aromatic N) is 3. The molecule has 3 aromatic rings. The minimum atomic E-state index is -0.160. The molecular weight excluding hydrogens is 384 g/mol. The molecule has 150 valence electrons. The highest BCUT2D eigenvalue weighted by Crippen LogP contribution is 2.28. The van der Waals surface area contributed by atoms with Crippen LogP contribution in [-0.2, 0) is 11.4 Å². The summed E-state index contributed by atoms with van der Waals surface area (Å²) in [5, 5.41) is 6.02. The topological polar surface area (TPSA) is 67.4 Å². The molecule has 0 radical (unpaired) electrons. The standard InChI is InChI=1S/C22H24N4O2S/c1-16(25-21(27)20-9-5-12-26(20)22-24-11-13-29-22)17-6-4-8-19(14-17)28-15-18-7-2-3-10-23-18/h2-4,6-8,10-11,13-14,16,20H,5,9,12,15H2,1H3,(H,25,27). The van der Waals surface area contributed by atoms with E-state index >= 15 is 0 Å². The van der Waals surface area contributed by atoms with Gasteiger partial charge in [-0.1, -0.05) is 18.2 Å². The zero-order chi connectivity index (χ0) is 20.1. The van der Waals surface area contributed by atoms with E-state index in [0.717, 1.165) is 41.5 Å². The average molecular weight is 409 g/mol. The first-order valence-electron chi connectivity index (χ1n) is 9.80. The van der Waals surface area contributed by atoms with Gasteiger partial charge in [0.25, 0.3) is 0 Å². The smallest absolute Gasteiger partial charge is 0.243 e. The van der Waals surface area contributed by atoms with Crippen LogP contribution in [0.3, 0.4) is 0 Å². The van der Waals surface area contributed by atoms with E-state index in [1.54, 1.807) is 23.7 Å². The van der Waals surface area contributed by atoms with Crippen molar-refractivity contribution in [3.05, 3.63) is 71.5 Å². The summed E-state index contributed by atoms with van der Waals surface area (Å²) in [4.78, 5) is 23.7. The number of thiazole rings is 1. The highest BCUT2D eigenvalue weighted by atomic mass is 32.1. The van der Waals surface area contributed by atoms with Crippen molar-refractivity contribution < 1.29 is 9.53 Å². The SMILES string of the molecule is CC(NC(=O)C1CCCN1c1nccs1)c1cccc(OCc2ccccn2)c1. The van der Waals surface area contributed by atoms with E-state index in [-0.39, 0.29) is 18.0 Å². The van der Waals surface area contributed by atoms with Crippen LogP contribution in [0.15, 0.2) is 60.2 Å². The second-order valence-corrected chi connectivity index (χ2v) is 7.95. The molecule has 1 saturated heterocycles. The molecule has 1 aromatic carbocycles. The predicted octanol–water partition coefficient (Wildman–Crippen LogP) is 3.96. The number of rotatable bonds is 7. The summed E-state index contributed by atoms with van der Waals surface area (Å²) in [6, 6.07) is 13.3. The lowest BCUT2D eigenvalue weighted by atomic mass is 10.1. The molecule has 0 bridgehead atoms. The number of hydrogen-bond acceptors (Lipinski definition) is 6. The molecule has 1 aliphatic rings. The Balaban J connectivity index is 1.38. The van der Waals surface area contributed by atoms with E-state index in [0.29, 0.717) is 6.61 Å². The Hall–Kier alpha value is -2.93. The quantitative estimate of drug-likeness (QED) is 0.641. The lowest BCUT2D eigenvalue weighted by Gasteiger charge is -2.25. The molecule has 29 heavy (non-hydrogen) atoms. The van der Waals surface area contributed by atoms with Crippen molar-refractivity contribution in [1.82, 2.24) is 15.3 Å². The molecule has 1 fully saturated rings. The van der Waals surface area contributed by atoms with Crippen LogP contribution in [0.5, 0.6) is 5.75 Å². The maximum Gasteiger partial charge on any atom is 0.243 e. The van der Waals surface area contributed by atoms with Crippen LogP contribution in [-0.4, -0.2) is 28.5 Å². The number of anilines is 1. The zero-order valence-corrected chi connectivity index (χ0v) is 17.1. The highest BCUT2D eigenvalue weighted by molar-refractivity contribution is 7.13. The summed E-state index contributed by atoms with van der Waals surface area (Å²) in [5.41, 5.74) is 1.89. The van der Waals surface area contributed by atoms with E-state index in [2.05, 4.69) is 20.2 Å². The van der Waals surface area contributed by atoms with Crippen LogP contribution in [0, 0.1) is 0 Å². The van der Waals surface area contributed by atoms with Crippen molar-refractivity contribution in [3.63, 3.8) is 0 Å². The predicted molar refractivity (Wildman–Crippen MR) is 114 cm³/mol. The van der Waals surface area contributed by atoms with Gasteiger partial charge in [0.1, 0.15) is 18.4 Å². The number of carbonyl (C=O) groups excluding carboxylic acids is 1. The van der Waals surface area contributed by atoms with E-state index in [4.69, 9.17) is 4.74 Å². The van der Waals surface area contributed by atoms with E-state index in [1.165, 1.54) is 0 Å². The van der Waals surface area contributed by atoms with Crippen molar-refractivity contribution >= 4 is 22.4 Å². The van der Waals surface area contributed by atoms with Crippen molar-refractivity contribution in [2.24, 2.45) is 0 Å². The zero-order valence-electron chi connectivity index (χ0n) is 16.3. The summed E-state index contributed by atoms with van der Waals surface area (Å²) >= 11 is 1.58. The number of amides is 1. The Labute approximate surface area is 174 Å². The van der Waals surface area contributed by atoms with Gasteiger partial charge in [0.15, 0.2) is 5.13 Å². The third kappa shape index (κ3) is 4.74. The second-order valence-electron chi connectivity index (χ2n) is 7.08. The molecule has 0 saturated carbocycles. The molecule has 2 aromatic heterocycles. The lowest BCUT2D eigenvalue weighted by molar-refractivity contribution is -0.122. The Morgan fingerprint density at radius 2 is 2.21 bits per heavy atom. The van der Waals surface area contributed by atoms with E-state index in [9.17, 15) is 4.79 Å². The number of nitrogens with one attached hydrogen (secondary N) is 1. The fraction of sp³-hybridized carbons (Fsp3) is 0.318. The third-order valence-electron chi connectivity index (χ3n) is 5.05. The number of benzene rings is 1. The molecule has 3 heterocycles. The van der Waals surface area contributed by atoms with Gasteiger partial charge in [0, 0.05) is 24.3 Å². The Morgan fingerprint density at radius 1 is 1.28 bits per heavy atom. The maximum absolute atomic E-state index is 12.9. The highest BCUT2D eigenvalue weighted by Gasteiger charge is 2.32. The van der Waals surface area contributed by atoms with Crippen molar-refractivity contribution in [3.8, 4) is 5.75 Å². The van der Waals surface area contributed by atoms with Crippen molar-refractivity contribution in [2.75, 3.05) is 11.4 Å². The monoisotopic (exact) mass is 408 g/mol. The minimum Gasteiger partial charge on any atom is -0.487 e. The van der Waals surface area contributed by atoms with Crippen molar-refractivity contribution in [1.29, 1.82) is 0 Å². The Bertz CT molecular complexity index is 933. The van der Waals surface area contributed by atoms with Crippen LogP contribution in [0.25, 0.3) is 0 Å².